The highest BCUT2D eigenvalue weighted by Gasteiger charge is 2.15. The van der Waals surface area contributed by atoms with Crippen LogP contribution in [0.2, 0.25) is 0 Å². The Balaban J connectivity index is 0. The zero-order chi connectivity index (χ0) is 17.9. The van der Waals surface area contributed by atoms with Crippen molar-refractivity contribution in [2.24, 2.45) is 4.99 Å². The zero-order valence-corrected chi connectivity index (χ0v) is 18.6. The van der Waals surface area contributed by atoms with Crippen LogP contribution in [0.3, 0.4) is 0 Å². The number of hydrogen-bond acceptors (Lipinski definition) is 5. The van der Waals surface area contributed by atoms with E-state index in [0.29, 0.717) is 12.5 Å². The lowest BCUT2D eigenvalue weighted by Crippen LogP contribution is -2.40. The Hall–Kier alpha value is -0.710. The minimum atomic E-state index is -0.483. The molecular weight excluding hydrogens is 443 g/mol. The van der Waals surface area contributed by atoms with Crippen LogP contribution in [0.15, 0.2) is 4.99 Å². The number of thioether (sulfide) groups is 1. The summed E-state index contributed by atoms with van der Waals surface area (Å²) in [7, 11) is 3.38. The predicted molar refractivity (Wildman–Crippen MR) is 111 cm³/mol. The third kappa shape index (κ3) is 14.9. The van der Waals surface area contributed by atoms with E-state index in [1.807, 2.05) is 27.0 Å². The Kier molecular flexibility index (Phi) is 14.4. The summed E-state index contributed by atoms with van der Waals surface area (Å²) < 4.78 is 5.24. The first-order valence-corrected chi connectivity index (χ1v) is 8.98. The summed E-state index contributed by atoms with van der Waals surface area (Å²) in [6, 6.07) is 0. The molecule has 2 N–H and O–H groups in total. The fourth-order valence-corrected chi connectivity index (χ4v) is 1.72. The van der Waals surface area contributed by atoms with Crippen LogP contribution >= 0.6 is 35.7 Å². The van der Waals surface area contributed by atoms with Gasteiger partial charge in [-0.25, -0.2) is 4.99 Å². The van der Waals surface area contributed by atoms with Crippen LogP contribution in [-0.4, -0.2) is 74.1 Å². The molecule has 0 aromatic rings. The van der Waals surface area contributed by atoms with E-state index in [4.69, 9.17) is 4.74 Å². The maximum atomic E-state index is 11.7. The maximum Gasteiger partial charge on any atom is 0.308 e. The van der Waals surface area contributed by atoms with E-state index in [2.05, 4.69) is 15.6 Å². The van der Waals surface area contributed by atoms with Gasteiger partial charge in [-0.2, -0.15) is 11.8 Å². The van der Waals surface area contributed by atoms with Gasteiger partial charge in [-0.3, -0.25) is 9.59 Å². The molecule has 0 aromatic heterocycles. The summed E-state index contributed by atoms with van der Waals surface area (Å²) >= 11 is 1.71. The Morgan fingerprint density at radius 1 is 1.17 bits per heavy atom. The van der Waals surface area contributed by atoms with Gasteiger partial charge in [0.2, 0.25) is 5.91 Å². The van der Waals surface area contributed by atoms with Gasteiger partial charge in [0.15, 0.2) is 5.96 Å². The number of carbonyl (C=O) groups is 2. The van der Waals surface area contributed by atoms with Crippen LogP contribution in [0.25, 0.3) is 0 Å². The number of ether oxygens (including phenoxy) is 1. The minimum Gasteiger partial charge on any atom is -0.460 e. The topological polar surface area (TPSA) is 83.0 Å². The first-order chi connectivity index (χ1) is 10.7. The number of rotatable bonds is 8. The fraction of sp³-hybridized carbons (Fsp3) is 0.800. The Bertz CT molecular complexity index is 412. The van der Waals surface area contributed by atoms with Gasteiger partial charge in [-0.15, -0.1) is 24.0 Å². The summed E-state index contributed by atoms with van der Waals surface area (Å²) in [6.07, 6.45) is 2.26. The van der Waals surface area contributed by atoms with Crippen LogP contribution in [0, 0.1) is 0 Å². The van der Waals surface area contributed by atoms with Crippen LogP contribution in [0.5, 0.6) is 0 Å². The molecule has 0 radical (unpaired) electrons. The van der Waals surface area contributed by atoms with Gasteiger partial charge in [-0.05, 0) is 27.0 Å². The van der Waals surface area contributed by atoms with Gasteiger partial charge in [-0.1, -0.05) is 0 Å². The van der Waals surface area contributed by atoms with Crippen molar-refractivity contribution < 1.29 is 14.3 Å². The first-order valence-electron chi connectivity index (χ1n) is 7.59. The highest BCUT2D eigenvalue weighted by atomic mass is 127. The van der Waals surface area contributed by atoms with Crippen molar-refractivity contribution in [2.45, 2.75) is 32.8 Å². The summed E-state index contributed by atoms with van der Waals surface area (Å²) in [5.74, 6) is 1.10. The number of aliphatic imine (C=N–C) groups is 1. The SMILES string of the molecule is CSCCNC(=NCC(=O)N(C)C)NCCC(=O)OC(C)(C)C.I. The molecule has 0 saturated heterocycles. The Morgan fingerprint density at radius 3 is 2.25 bits per heavy atom. The number of amides is 1. The number of nitrogens with zero attached hydrogens (tertiary/aromatic N) is 2. The van der Waals surface area contributed by atoms with E-state index in [1.165, 1.54) is 4.90 Å². The largest absolute Gasteiger partial charge is 0.460 e. The molecule has 0 bridgehead atoms. The normalized spacial score (nSPS) is 11.3. The molecule has 9 heteroatoms. The van der Waals surface area contributed by atoms with Crippen molar-refractivity contribution in [1.82, 2.24) is 15.5 Å². The van der Waals surface area contributed by atoms with Crippen LogP contribution in [0.4, 0.5) is 0 Å². The quantitative estimate of drug-likeness (QED) is 0.182. The third-order valence-electron chi connectivity index (χ3n) is 2.51. The molecule has 0 spiro atoms. The van der Waals surface area contributed by atoms with Crippen molar-refractivity contribution in [3.63, 3.8) is 0 Å². The van der Waals surface area contributed by atoms with E-state index in [9.17, 15) is 9.59 Å². The van der Waals surface area contributed by atoms with Crippen molar-refractivity contribution in [3.8, 4) is 0 Å². The lowest BCUT2D eigenvalue weighted by molar-refractivity contribution is -0.154. The fourth-order valence-electron chi connectivity index (χ4n) is 1.41. The summed E-state index contributed by atoms with van der Waals surface area (Å²) in [5, 5.41) is 6.18. The molecule has 1 amide bonds. The lowest BCUT2D eigenvalue weighted by Gasteiger charge is -2.19. The van der Waals surface area contributed by atoms with Crippen molar-refractivity contribution in [3.05, 3.63) is 0 Å². The van der Waals surface area contributed by atoms with Crippen LogP contribution in [0.1, 0.15) is 27.2 Å². The number of carbonyl (C=O) groups excluding carboxylic acids is 2. The van der Waals surface area contributed by atoms with E-state index in [-0.39, 0.29) is 48.8 Å². The standard InChI is InChI=1S/C15H30N4O3S.HI/c1-15(2,3)22-13(21)7-8-16-14(17-9-10-23-6)18-11-12(20)19(4)5;/h7-11H2,1-6H3,(H2,16,17,18);1H. The smallest absolute Gasteiger partial charge is 0.308 e. The molecule has 0 aliphatic rings. The molecule has 0 aromatic carbocycles. The van der Waals surface area contributed by atoms with Gasteiger partial charge < -0.3 is 20.3 Å². The molecule has 0 saturated carbocycles. The molecule has 0 unspecified atom stereocenters. The molecule has 142 valence electrons. The molecule has 0 aliphatic heterocycles. The second kappa shape index (κ2) is 13.6. The van der Waals surface area contributed by atoms with Gasteiger partial charge in [0.25, 0.3) is 0 Å². The average Bonchev–Trinajstić information content (AvgIpc) is 2.41. The average molecular weight is 474 g/mol. The van der Waals surface area contributed by atoms with Crippen molar-refractivity contribution in [1.29, 1.82) is 0 Å². The maximum absolute atomic E-state index is 11.7. The molecule has 0 rings (SSSR count). The van der Waals surface area contributed by atoms with Crippen molar-refractivity contribution >= 4 is 53.6 Å². The van der Waals surface area contributed by atoms with Gasteiger partial charge in [0.1, 0.15) is 12.1 Å². The number of likely N-dealkylation sites (N-methyl/N-ethyl adjacent to an activating group) is 1. The second-order valence-electron chi connectivity index (χ2n) is 6.14. The monoisotopic (exact) mass is 474 g/mol. The number of hydrogen-bond donors (Lipinski definition) is 2. The molecule has 7 nitrogen and oxygen atoms in total. The Morgan fingerprint density at radius 2 is 1.75 bits per heavy atom. The first kappa shape index (κ1) is 25.5. The van der Waals surface area contributed by atoms with Gasteiger partial charge in [0.05, 0.1) is 6.42 Å². The zero-order valence-electron chi connectivity index (χ0n) is 15.5. The van der Waals surface area contributed by atoms with Crippen LogP contribution < -0.4 is 10.6 Å². The van der Waals surface area contributed by atoms with E-state index >= 15 is 0 Å². The minimum absolute atomic E-state index is 0. The van der Waals surface area contributed by atoms with E-state index in [1.54, 1.807) is 25.9 Å². The number of halogens is 1. The molecular formula is C15H31IN4O3S. The highest BCUT2D eigenvalue weighted by molar-refractivity contribution is 14.0. The number of esters is 1. The van der Waals surface area contributed by atoms with E-state index in [0.717, 1.165) is 12.3 Å². The number of nitrogens with one attached hydrogen (secondary N) is 2. The summed E-state index contributed by atoms with van der Waals surface area (Å²) in [5.41, 5.74) is -0.483. The number of guanidine groups is 1. The molecule has 0 atom stereocenters. The molecule has 24 heavy (non-hydrogen) atoms. The predicted octanol–water partition coefficient (Wildman–Crippen LogP) is 1.32. The Labute approximate surface area is 166 Å². The lowest BCUT2D eigenvalue weighted by atomic mass is 10.2. The van der Waals surface area contributed by atoms with E-state index < -0.39 is 5.60 Å². The highest BCUT2D eigenvalue weighted by Crippen LogP contribution is 2.07. The van der Waals surface area contributed by atoms with Crippen LogP contribution in [-0.2, 0) is 14.3 Å². The second-order valence-corrected chi connectivity index (χ2v) is 7.12. The summed E-state index contributed by atoms with van der Waals surface area (Å²) in [6.45, 7) is 6.70. The molecule has 0 heterocycles. The van der Waals surface area contributed by atoms with Crippen molar-refractivity contribution in [2.75, 3.05) is 45.7 Å². The summed E-state index contributed by atoms with van der Waals surface area (Å²) in [4.78, 5) is 29.0. The van der Waals surface area contributed by atoms with Gasteiger partial charge in [0, 0.05) is 32.9 Å². The van der Waals surface area contributed by atoms with Gasteiger partial charge >= 0.3 is 5.97 Å². The molecule has 0 aliphatic carbocycles. The molecule has 0 fully saturated rings. The third-order valence-corrected chi connectivity index (χ3v) is 3.12.